The Balaban J connectivity index is -0.0000000200. The summed E-state index contributed by atoms with van der Waals surface area (Å²) in [6, 6.07) is 0. The smallest absolute Gasteiger partial charge is 0.753 e. The van der Waals surface area contributed by atoms with Crippen LogP contribution in [0.1, 0.15) is 0 Å². The van der Waals surface area contributed by atoms with E-state index in [0.717, 1.165) is 0 Å². The van der Waals surface area contributed by atoms with E-state index < -0.39 is 0 Å². The van der Waals surface area contributed by atoms with Gasteiger partial charge in [-0.2, -0.15) is 5.16 Å². The zero-order chi connectivity index (χ0) is 2.71. The molecule has 0 aromatic carbocycles. The van der Waals surface area contributed by atoms with Crippen LogP contribution in [-0.2, 0) is 16.8 Å². The zero-order valence-corrected chi connectivity index (χ0v) is 6.55. The molecule has 0 saturated carbocycles. The van der Waals surface area contributed by atoms with E-state index in [1.807, 2.05) is 0 Å². The Morgan fingerprint density at radius 3 is 1.60 bits per heavy atom. The van der Waals surface area contributed by atoms with Crippen LogP contribution in [0.5, 0.6) is 0 Å². The van der Waals surface area contributed by atoms with Crippen molar-refractivity contribution in [2.24, 2.45) is 0 Å². The first-order chi connectivity index (χ1) is 1.41. The fourth-order valence-corrected chi connectivity index (χ4v) is 0. The summed E-state index contributed by atoms with van der Waals surface area (Å²) in [5.74, 6) is 0. The maximum absolute atomic E-state index is 7.13. The van der Waals surface area contributed by atoms with E-state index in [1.165, 1.54) is 5.16 Å². The molecule has 0 N–H and O–H groups in total. The topological polar surface area (TPSA) is 22.3 Å². The van der Waals surface area contributed by atoms with E-state index in [1.54, 1.807) is 0 Å². The van der Waals surface area contributed by atoms with Crippen molar-refractivity contribution in [3.05, 3.63) is 5.41 Å². The molecule has 0 atom stereocenters. The van der Waals surface area contributed by atoms with Gasteiger partial charge in [-0.05, 0) is 0 Å². The monoisotopic (exact) mass is 140 g/mol. The van der Waals surface area contributed by atoms with E-state index >= 15 is 0 Å². The molecule has 5 heavy (non-hydrogen) atoms. The van der Waals surface area contributed by atoms with Crippen LogP contribution >= 0.6 is 12.2 Å². The Bertz CT molecular complexity index is 32.6. The molecule has 0 aromatic rings. The van der Waals surface area contributed by atoms with Gasteiger partial charge in [-0.15, -0.1) is 0 Å². The molecule has 0 spiro atoms. The second-order valence-electron chi connectivity index (χ2n) is 0.0913. The van der Waals surface area contributed by atoms with Gasteiger partial charge in [-0.1, -0.05) is 12.2 Å². The second-order valence-corrected chi connectivity index (χ2v) is 0.274. The number of rotatable bonds is 0. The molecule has 25 valence electrons. The van der Waals surface area contributed by atoms with Crippen molar-refractivity contribution in [1.82, 2.24) is 0 Å². The summed E-state index contributed by atoms with van der Waals surface area (Å²) < 4.78 is 0. The predicted octanol–water partition coefficient (Wildman–Crippen LogP) is -2.34. The van der Waals surface area contributed by atoms with Crippen molar-refractivity contribution in [1.29, 1.82) is 0 Å². The summed E-state index contributed by atoms with van der Waals surface area (Å²) in [7, 11) is 0. The van der Waals surface area contributed by atoms with E-state index in [9.17, 15) is 0 Å². The third kappa shape index (κ3) is 34.0. The van der Waals surface area contributed by atoms with Crippen LogP contribution in [0.2, 0.25) is 0 Å². The van der Waals surface area contributed by atoms with Gasteiger partial charge in [0.05, 0.1) is 0 Å². The Kier molecular flexibility index (Phi) is 60.1. The Morgan fingerprint density at radius 2 is 1.60 bits per heavy atom. The van der Waals surface area contributed by atoms with Crippen molar-refractivity contribution in [2.75, 3.05) is 0 Å². The maximum Gasteiger partial charge on any atom is 1.00 e. The van der Waals surface area contributed by atoms with Gasteiger partial charge in [0.15, 0.2) is 0 Å². The van der Waals surface area contributed by atoms with Gasteiger partial charge < -0.3 is 5.41 Å². The molecule has 0 amide bonds. The molecule has 1 nitrogen and oxygen atoms in total. The van der Waals surface area contributed by atoms with Gasteiger partial charge in [0, 0.05) is 16.8 Å². The molecule has 0 heterocycles. The molecule has 0 unspecified atom stereocenters. The Hall–Kier alpha value is 1.31. The first-order valence-electron chi connectivity index (χ1n) is 0.428. The van der Waals surface area contributed by atoms with Crippen LogP contribution in [-0.4, -0.2) is 5.16 Å². The fraction of sp³-hybridized carbons (Fsp3) is 0. The van der Waals surface area contributed by atoms with Crippen LogP contribution in [0.3, 0.4) is 0 Å². The standard InChI is InChI=1S/CNS.Co.Na/c2-1-3;;/q-1;;+1. The molecule has 0 aliphatic heterocycles. The summed E-state index contributed by atoms with van der Waals surface area (Å²) in [6.45, 7) is 0. The predicted molar refractivity (Wildman–Crippen MR) is 16.0 cm³/mol. The van der Waals surface area contributed by atoms with E-state index in [2.05, 4.69) is 12.2 Å². The number of hydrogen-bond acceptors (Lipinski definition) is 1. The second kappa shape index (κ2) is 18.5. The van der Waals surface area contributed by atoms with Crippen molar-refractivity contribution in [3.63, 3.8) is 0 Å². The molecular formula is CCoNNaS. The molecule has 0 aromatic heterocycles. The normalized spacial score (nSPS) is 1.60. The fourth-order valence-electron chi connectivity index (χ4n) is 0. The van der Waals surface area contributed by atoms with Crippen LogP contribution in [0, 0.1) is 0 Å². The third-order valence-corrected chi connectivity index (χ3v) is 0. The van der Waals surface area contributed by atoms with Crippen LogP contribution in [0.25, 0.3) is 5.41 Å². The summed E-state index contributed by atoms with van der Waals surface area (Å²) >= 11 is 3.70. The van der Waals surface area contributed by atoms with Crippen molar-refractivity contribution in [3.8, 4) is 0 Å². The average Bonchev–Trinajstić information content (AvgIpc) is 0.918. The minimum absolute atomic E-state index is 0. The average molecular weight is 140 g/mol. The van der Waals surface area contributed by atoms with E-state index in [0.29, 0.717) is 0 Å². The quantitative estimate of drug-likeness (QED) is 0.210. The van der Waals surface area contributed by atoms with Crippen LogP contribution in [0.15, 0.2) is 0 Å². The zero-order valence-electron chi connectivity index (χ0n) is 2.69. The third-order valence-electron chi connectivity index (χ3n) is 0. The van der Waals surface area contributed by atoms with Gasteiger partial charge in [0.1, 0.15) is 0 Å². The van der Waals surface area contributed by atoms with Crippen molar-refractivity contribution < 1.29 is 46.3 Å². The summed E-state index contributed by atoms with van der Waals surface area (Å²) in [4.78, 5) is 0. The molecule has 0 rings (SSSR count). The van der Waals surface area contributed by atoms with Crippen molar-refractivity contribution >= 4 is 17.4 Å². The van der Waals surface area contributed by atoms with Gasteiger partial charge in [0.25, 0.3) is 0 Å². The molecule has 1 radical (unpaired) electrons. The minimum Gasteiger partial charge on any atom is -0.753 e. The number of thiocarbonyl (C=S) groups is 1. The van der Waals surface area contributed by atoms with E-state index in [-0.39, 0.29) is 46.3 Å². The number of isothiocyanates is 1. The Morgan fingerprint density at radius 1 is 1.60 bits per heavy atom. The van der Waals surface area contributed by atoms with Gasteiger partial charge in [0.2, 0.25) is 0 Å². The largest absolute Gasteiger partial charge is 1.00 e. The van der Waals surface area contributed by atoms with Crippen LogP contribution in [0.4, 0.5) is 0 Å². The van der Waals surface area contributed by atoms with Crippen LogP contribution < -0.4 is 29.6 Å². The SMILES string of the molecule is [Co].[N-]=C=S.[Na+]. The molecule has 0 aliphatic carbocycles. The summed E-state index contributed by atoms with van der Waals surface area (Å²) in [5, 5.41) is 8.47. The maximum atomic E-state index is 7.13. The molecule has 4 heteroatoms. The minimum atomic E-state index is 0. The Labute approximate surface area is 68.5 Å². The van der Waals surface area contributed by atoms with Gasteiger partial charge >= 0.3 is 29.6 Å². The number of hydrogen-bond donors (Lipinski definition) is 0. The summed E-state index contributed by atoms with van der Waals surface area (Å²) in [6.07, 6.45) is 0. The number of nitrogens with zero attached hydrogens (tertiary/aromatic N) is 1. The molecule has 0 bridgehead atoms. The first kappa shape index (κ1) is 16.2. The van der Waals surface area contributed by atoms with Gasteiger partial charge in [-0.25, -0.2) is 0 Å². The molecule has 0 fully saturated rings. The molecule has 0 aliphatic rings. The van der Waals surface area contributed by atoms with Crippen molar-refractivity contribution in [2.45, 2.75) is 0 Å². The summed E-state index contributed by atoms with van der Waals surface area (Å²) in [5.41, 5.74) is 0. The molecule has 0 saturated heterocycles. The van der Waals surface area contributed by atoms with Gasteiger partial charge in [-0.3, -0.25) is 0 Å². The van der Waals surface area contributed by atoms with E-state index in [4.69, 9.17) is 5.41 Å². The first-order valence-corrected chi connectivity index (χ1v) is 0.836. The molecular weight excluding hydrogens is 140 g/mol.